The van der Waals surface area contributed by atoms with Crippen molar-refractivity contribution in [3.63, 3.8) is 0 Å². The number of rotatable bonds is 4. The highest BCUT2D eigenvalue weighted by atomic mass is 16.5. The number of hydrogen-bond acceptors (Lipinski definition) is 5. The molecule has 0 bridgehead atoms. The van der Waals surface area contributed by atoms with Crippen LogP contribution in [-0.4, -0.2) is 41.5 Å². The lowest BCUT2D eigenvalue weighted by atomic mass is 10.3. The molecule has 1 aliphatic heterocycles. The third-order valence-electron chi connectivity index (χ3n) is 1.87. The number of hydrogen-bond donors (Lipinski definition) is 1. The first-order valence-corrected chi connectivity index (χ1v) is 4.38. The van der Waals surface area contributed by atoms with Crippen molar-refractivity contribution in [3.05, 3.63) is 12.0 Å². The molecule has 1 N–H and O–H groups in total. The second-order valence-corrected chi connectivity index (χ2v) is 3.15. The highest BCUT2D eigenvalue weighted by Gasteiger charge is 2.18. The Bertz CT molecular complexity index is 262. The van der Waals surface area contributed by atoms with Crippen LogP contribution in [0, 0.1) is 0 Å². The predicted molar refractivity (Wildman–Crippen MR) is 48.5 cm³/mol. The van der Waals surface area contributed by atoms with Crippen LogP contribution >= 0.6 is 0 Å². The molecule has 0 aromatic carbocycles. The van der Waals surface area contributed by atoms with Crippen LogP contribution in [0.4, 0.5) is 0 Å². The Kier molecular flexibility index (Phi) is 3.50. The molecular weight excluding hydrogens is 186 g/mol. The first-order chi connectivity index (χ1) is 6.61. The fraction of sp³-hybridized carbons (Fsp3) is 0.556. The van der Waals surface area contributed by atoms with Crippen molar-refractivity contribution in [2.24, 2.45) is 0 Å². The molecule has 0 amide bonds. The molecule has 5 heteroatoms. The van der Waals surface area contributed by atoms with Gasteiger partial charge in [-0.25, -0.2) is 0 Å². The Balaban J connectivity index is 2.40. The molecule has 1 atom stereocenters. The summed E-state index contributed by atoms with van der Waals surface area (Å²) < 4.78 is 4.74. The van der Waals surface area contributed by atoms with E-state index in [0.29, 0.717) is 25.8 Å². The van der Waals surface area contributed by atoms with Gasteiger partial charge in [0.1, 0.15) is 5.76 Å². The molecule has 78 valence electrons. The zero-order chi connectivity index (χ0) is 10.6. The van der Waals surface area contributed by atoms with Crippen LogP contribution in [0.15, 0.2) is 12.0 Å². The minimum absolute atomic E-state index is 0.289. The summed E-state index contributed by atoms with van der Waals surface area (Å²) in [7, 11) is 0. The van der Waals surface area contributed by atoms with Gasteiger partial charge in [-0.1, -0.05) is 0 Å². The Morgan fingerprint density at radius 2 is 2.57 bits per heavy atom. The SMILES string of the molecule is CC(=O)O[C@H](C=O)CN1C=C(O)CC1. The largest absolute Gasteiger partial charge is 0.511 e. The number of carbonyl (C=O) groups excluding carboxylic acids is 2. The van der Waals surface area contributed by atoms with E-state index in [-0.39, 0.29) is 5.76 Å². The fourth-order valence-electron chi connectivity index (χ4n) is 1.29. The van der Waals surface area contributed by atoms with Gasteiger partial charge in [0.2, 0.25) is 0 Å². The number of aliphatic hydroxyl groups excluding tert-OH is 1. The van der Waals surface area contributed by atoms with Gasteiger partial charge < -0.3 is 14.7 Å². The van der Waals surface area contributed by atoms with E-state index in [9.17, 15) is 9.59 Å². The van der Waals surface area contributed by atoms with Gasteiger partial charge in [-0.3, -0.25) is 9.59 Å². The van der Waals surface area contributed by atoms with Crippen LogP contribution in [0.25, 0.3) is 0 Å². The molecule has 0 radical (unpaired) electrons. The lowest BCUT2D eigenvalue weighted by Gasteiger charge is -2.18. The summed E-state index contributed by atoms with van der Waals surface area (Å²) in [5, 5.41) is 9.09. The summed E-state index contributed by atoms with van der Waals surface area (Å²) in [5.41, 5.74) is 0. The number of carbonyl (C=O) groups is 2. The molecule has 1 heterocycles. The van der Waals surface area contributed by atoms with Crippen molar-refractivity contribution in [2.45, 2.75) is 19.4 Å². The maximum atomic E-state index is 10.6. The van der Waals surface area contributed by atoms with Crippen LogP contribution in [0.1, 0.15) is 13.3 Å². The van der Waals surface area contributed by atoms with Crippen molar-refractivity contribution in [3.8, 4) is 0 Å². The molecular formula is C9H13NO4. The molecule has 0 aliphatic carbocycles. The summed E-state index contributed by atoms with van der Waals surface area (Å²) >= 11 is 0. The zero-order valence-corrected chi connectivity index (χ0v) is 7.97. The van der Waals surface area contributed by atoms with Crippen molar-refractivity contribution in [2.75, 3.05) is 13.1 Å². The highest BCUT2D eigenvalue weighted by molar-refractivity contribution is 5.70. The maximum Gasteiger partial charge on any atom is 0.303 e. The van der Waals surface area contributed by atoms with Crippen molar-refractivity contribution in [1.82, 2.24) is 4.90 Å². The Hall–Kier alpha value is -1.52. The Morgan fingerprint density at radius 1 is 1.86 bits per heavy atom. The van der Waals surface area contributed by atoms with Crippen LogP contribution < -0.4 is 0 Å². The molecule has 5 nitrogen and oxygen atoms in total. The third-order valence-corrected chi connectivity index (χ3v) is 1.87. The average molecular weight is 199 g/mol. The van der Waals surface area contributed by atoms with Crippen LogP contribution in [0.3, 0.4) is 0 Å². The molecule has 0 unspecified atom stereocenters. The van der Waals surface area contributed by atoms with E-state index in [1.807, 2.05) is 0 Å². The summed E-state index contributed by atoms with van der Waals surface area (Å²) in [5.74, 6) is -0.188. The van der Waals surface area contributed by atoms with Crippen LogP contribution in [-0.2, 0) is 14.3 Å². The second kappa shape index (κ2) is 4.64. The molecule has 0 fully saturated rings. The van der Waals surface area contributed by atoms with Gasteiger partial charge in [-0.15, -0.1) is 0 Å². The van der Waals surface area contributed by atoms with Gasteiger partial charge >= 0.3 is 5.97 Å². The minimum atomic E-state index is -0.755. The average Bonchev–Trinajstić information content (AvgIpc) is 2.49. The number of aldehydes is 1. The molecule has 0 aromatic heterocycles. The van der Waals surface area contributed by atoms with E-state index in [1.165, 1.54) is 6.92 Å². The molecule has 1 aliphatic rings. The van der Waals surface area contributed by atoms with Gasteiger partial charge in [-0.2, -0.15) is 0 Å². The summed E-state index contributed by atoms with van der Waals surface area (Å²) in [6.07, 6.45) is 1.96. The van der Waals surface area contributed by atoms with Gasteiger partial charge in [0, 0.05) is 26.1 Å². The van der Waals surface area contributed by atoms with E-state index in [1.54, 1.807) is 11.1 Å². The summed E-state index contributed by atoms with van der Waals surface area (Å²) in [6.45, 7) is 2.21. The van der Waals surface area contributed by atoms with Crippen molar-refractivity contribution < 1.29 is 19.4 Å². The highest BCUT2D eigenvalue weighted by Crippen LogP contribution is 2.11. The van der Waals surface area contributed by atoms with Gasteiger partial charge in [0.25, 0.3) is 0 Å². The molecule has 0 saturated heterocycles. The number of nitrogens with zero attached hydrogens (tertiary/aromatic N) is 1. The predicted octanol–water partition coefficient (Wildman–Crippen LogP) is 0.222. The van der Waals surface area contributed by atoms with E-state index < -0.39 is 12.1 Å². The van der Waals surface area contributed by atoms with Gasteiger partial charge in [0.05, 0.1) is 6.54 Å². The van der Waals surface area contributed by atoms with Gasteiger partial charge in [0.15, 0.2) is 12.4 Å². The molecule has 14 heavy (non-hydrogen) atoms. The normalized spacial score (nSPS) is 17.5. The van der Waals surface area contributed by atoms with E-state index in [2.05, 4.69) is 0 Å². The third kappa shape index (κ3) is 3.08. The molecule has 0 saturated carbocycles. The standard InChI is InChI=1S/C9H13NO4/c1-7(12)14-9(6-11)5-10-3-2-8(13)4-10/h4,6,9,13H,2-3,5H2,1H3/t9-/m0/s1. The van der Waals surface area contributed by atoms with Gasteiger partial charge in [-0.05, 0) is 0 Å². The smallest absolute Gasteiger partial charge is 0.303 e. The first-order valence-electron chi connectivity index (χ1n) is 4.38. The minimum Gasteiger partial charge on any atom is -0.511 e. The molecule has 0 aromatic rings. The number of ether oxygens (including phenoxy) is 1. The zero-order valence-electron chi connectivity index (χ0n) is 7.97. The van der Waals surface area contributed by atoms with Crippen molar-refractivity contribution >= 4 is 12.3 Å². The lowest BCUT2D eigenvalue weighted by molar-refractivity contribution is -0.149. The number of esters is 1. The summed E-state index contributed by atoms with van der Waals surface area (Å²) in [4.78, 5) is 22.9. The summed E-state index contributed by atoms with van der Waals surface area (Å²) in [6, 6.07) is 0. The van der Waals surface area contributed by atoms with E-state index >= 15 is 0 Å². The molecule has 1 rings (SSSR count). The Morgan fingerprint density at radius 3 is 3.00 bits per heavy atom. The van der Waals surface area contributed by atoms with E-state index in [0.717, 1.165) is 0 Å². The number of aliphatic hydroxyl groups is 1. The molecule has 0 spiro atoms. The van der Waals surface area contributed by atoms with Crippen LogP contribution in [0.5, 0.6) is 0 Å². The lowest BCUT2D eigenvalue weighted by Crippen LogP contribution is -2.31. The van der Waals surface area contributed by atoms with Crippen molar-refractivity contribution in [1.29, 1.82) is 0 Å². The monoisotopic (exact) mass is 199 g/mol. The second-order valence-electron chi connectivity index (χ2n) is 3.15. The fourth-order valence-corrected chi connectivity index (χ4v) is 1.29. The first kappa shape index (κ1) is 10.6. The Labute approximate surface area is 82.0 Å². The topological polar surface area (TPSA) is 66.8 Å². The quantitative estimate of drug-likeness (QED) is 0.518. The van der Waals surface area contributed by atoms with E-state index in [4.69, 9.17) is 9.84 Å². The van der Waals surface area contributed by atoms with Crippen LogP contribution in [0.2, 0.25) is 0 Å². The maximum absolute atomic E-state index is 10.6.